The number of nitrogen functional groups attached to an aromatic ring is 1. The molecule has 4 N–H and O–H groups in total. The van der Waals surface area contributed by atoms with E-state index in [0.717, 1.165) is 38.9 Å². The van der Waals surface area contributed by atoms with Gasteiger partial charge in [0.1, 0.15) is 11.6 Å². The third-order valence-electron chi connectivity index (χ3n) is 4.98. The van der Waals surface area contributed by atoms with Crippen molar-refractivity contribution < 1.29 is 4.39 Å². The molecule has 0 amide bonds. The van der Waals surface area contributed by atoms with Crippen LogP contribution in [0.15, 0.2) is 67.4 Å². The van der Waals surface area contributed by atoms with E-state index in [1.54, 1.807) is 36.9 Å². The number of nitrogens with zero attached hydrogens (tertiary/aromatic N) is 3. The number of pyridine rings is 2. The van der Waals surface area contributed by atoms with Crippen LogP contribution < -0.4 is 5.73 Å². The standard InChI is InChI=1S/C22H17FN6/c23-20-4-2-1-3-17(20)19-11-25-12-21-18(19)7-16(29-21)6-13-5-14(8-26-22(13)24)15-9-27-28-10-15/h1-5,7-12,29H,6H2,(H2,24,26)(H,27,28). The molecule has 0 aliphatic rings. The summed E-state index contributed by atoms with van der Waals surface area (Å²) in [5.41, 5.74) is 12.0. The van der Waals surface area contributed by atoms with Crippen LogP contribution >= 0.6 is 0 Å². The van der Waals surface area contributed by atoms with Crippen molar-refractivity contribution in [1.82, 2.24) is 25.1 Å². The Morgan fingerprint density at radius 1 is 0.966 bits per heavy atom. The second kappa shape index (κ2) is 6.87. The van der Waals surface area contributed by atoms with Crippen molar-refractivity contribution in [3.8, 4) is 22.3 Å². The quantitative estimate of drug-likeness (QED) is 0.430. The van der Waals surface area contributed by atoms with Crippen LogP contribution in [0.1, 0.15) is 11.3 Å². The Kier molecular flexibility index (Phi) is 4.05. The molecule has 0 fully saturated rings. The van der Waals surface area contributed by atoms with Gasteiger partial charge >= 0.3 is 0 Å². The van der Waals surface area contributed by atoms with Crippen molar-refractivity contribution in [3.63, 3.8) is 0 Å². The number of hydrogen-bond donors (Lipinski definition) is 3. The molecule has 0 aliphatic carbocycles. The lowest BCUT2D eigenvalue weighted by molar-refractivity contribution is 0.631. The summed E-state index contributed by atoms with van der Waals surface area (Å²) in [5, 5.41) is 7.70. The van der Waals surface area contributed by atoms with Gasteiger partial charge in [-0.2, -0.15) is 5.10 Å². The monoisotopic (exact) mass is 384 g/mol. The Labute approximate surface area is 165 Å². The third-order valence-corrected chi connectivity index (χ3v) is 4.98. The van der Waals surface area contributed by atoms with Gasteiger partial charge in [-0.25, -0.2) is 9.37 Å². The molecule has 29 heavy (non-hydrogen) atoms. The summed E-state index contributed by atoms with van der Waals surface area (Å²) in [6.45, 7) is 0. The number of anilines is 1. The number of aromatic nitrogens is 5. The summed E-state index contributed by atoms with van der Waals surface area (Å²) in [7, 11) is 0. The van der Waals surface area contributed by atoms with Gasteiger partial charge in [-0.1, -0.05) is 18.2 Å². The molecule has 7 heteroatoms. The first-order valence-electron chi connectivity index (χ1n) is 9.13. The zero-order valence-corrected chi connectivity index (χ0v) is 15.4. The molecular weight excluding hydrogens is 367 g/mol. The predicted octanol–water partition coefficient (Wildman–Crippen LogP) is 4.33. The minimum Gasteiger partial charge on any atom is -0.383 e. The minimum atomic E-state index is -0.272. The fourth-order valence-corrected chi connectivity index (χ4v) is 3.53. The van der Waals surface area contributed by atoms with Crippen LogP contribution in [0.2, 0.25) is 0 Å². The summed E-state index contributed by atoms with van der Waals surface area (Å²) in [4.78, 5) is 12.0. The highest BCUT2D eigenvalue weighted by molar-refractivity contribution is 5.95. The van der Waals surface area contributed by atoms with Gasteiger partial charge in [-0.15, -0.1) is 0 Å². The Bertz CT molecular complexity index is 1310. The van der Waals surface area contributed by atoms with Crippen LogP contribution in [0.3, 0.4) is 0 Å². The maximum absolute atomic E-state index is 14.3. The van der Waals surface area contributed by atoms with Crippen LogP contribution in [-0.4, -0.2) is 25.1 Å². The number of benzene rings is 1. The lowest BCUT2D eigenvalue weighted by Crippen LogP contribution is -1.99. The maximum atomic E-state index is 14.3. The highest BCUT2D eigenvalue weighted by Crippen LogP contribution is 2.31. The van der Waals surface area contributed by atoms with E-state index in [-0.39, 0.29) is 5.82 Å². The fourth-order valence-electron chi connectivity index (χ4n) is 3.53. The van der Waals surface area contributed by atoms with Gasteiger partial charge in [0.2, 0.25) is 0 Å². The molecule has 142 valence electrons. The zero-order valence-electron chi connectivity index (χ0n) is 15.4. The third kappa shape index (κ3) is 3.12. The number of nitrogens with one attached hydrogen (secondary N) is 2. The molecule has 0 spiro atoms. The SMILES string of the molecule is Nc1ncc(-c2cn[nH]c2)cc1Cc1cc2c(-c3ccccc3F)cncc2[nH]1. The van der Waals surface area contributed by atoms with Crippen molar-refractivity contribution in [3.05, 3.63) is 84.5 Å². The van der Waals surface area contributed by atoms with Gasteiger partial charge in [0, 0.05) is 63.9 Å². The molecular formula is C22H17FN6. The Morgan fingerprint density at radius 2 is 1.86 bits per heavy atom. The highest BCUT2D eigenvalue weighted by atomic mass is 19.1. The number of fused-ring (bicyclic) bond motifs is 1. The number of rotatable bonds is 4. The smallest absolute Gasteiger partial charge is 0.131 e. The van der Waals surface area contributed by atoms with E-state index in [0.29, 0.717) is 17.8 Å². The minimum absolute atomic E-state index is 0.272. The normalized spacial score (nSPS) is 11.2. The van der Waals surface area contributed by atoms with Gasteiger partial charge in [0.05, 0.1) is 17.9 Å². The van der Waals surface area contributed by atoms with Crippen molar-refractivity contribution in [2.75, 3.05) is 5.73 Å². The molecule has 1 aromatic carbocycles. The molecule has 0 radical (unpaired) electrons. The lowest BCUT2D eigenvalue weighted by Gasteiger charge is -2.06. The van der Waals surface area contributed by atoms with E-state index in [4.69, 9.17) is 5.73 Å². The first-order chi connectivity index (χ1) is 14.2. The lowest BCUT2D eigenvalue weighted by atomic mass is 10.0. The van der Waals surface area contributed by atoms with Gasteiger partial charge in [-0.3, -0.25) is 10.1 Å². The fraction of sp³-hybridized carbons (Fsp3) is 0.0455. The molecule has 6 nitrogen and oxygen atoms in total. The number of aromatic amines is 2. The Balaban J connectivity index is 1.55. The average Bonchev–Trinajstić information content (AvgIpc) is 3.39. The molecule has 0 unspecified atom stereocenters. The molecule has 0 saturated heterocycles. The first-order valence-corrected chi connectivity index (χ1v) is 9.13. The topological polar surface area (TPSA) is 96.3 Å². The van der Waals surface area contributed by atoms with E-state index < -0.39 is 0 Å². The Morgan fingerprint density at radius 3 is 2.69 bits per heavy atom. The molecule has 0 bridgehead atoms. The van der Waals surface area contributed by atoms with E-state index in [2.05, 4.69) is 25.1 Å². The average molecular weight is 384 g/mol. The molecule has 5 aromatic rings. The largest absolute Gasteiger partial charge is 0.383 e. The van der Waals surface area contributed by atoms with Crippen molar-refractivity contribution in [2.45, 2.75) is 6.42 Å². The maximum Gasteiger partial charge on any atom is 0.131 e. The van der Waals surface area contributed by atoms with Crippen molar-refractivity contribution in [1.29, 1.82) is 0 Å². The van der Waals surface area contributed by atoms with Crippen LogP contribution in [0, 0.1) is 5.82 Å². The van der Waals surface area contributed by atoms with E-state index in [1.807, 2.05) is 24.4 Å². The molecule has 0 atom stereocenters. The van der Waals surface area contributed by atoms with Gasteiger partial charge in [-0.05, 0) is 18.2 Å². The predicted molar refractivity (Wildman–Crippen MR) is 111 cm³/mol. The summed E-state index contributed by atoms with van der Waals surface area (Å²) in [6.07, 6.45) is 9.28. The van der Waals surface area contributed by atoms with Crippen LogP contribution in [0.25, 0.3) is 33.2 Å². The summed E-state index contributed by atoms with van der Waals surface area (Å²) in [5.74, 6) is 0.203. The van der Waals surface area contributed by atoms with E-state index in [1.165, 1.54) is 6.07 Å². The second-order valence-corrected chi connectivity index (χ2v) is 6.85. The van der Waals surface area contributed by atoms with Crippen LogP contribution in [-0.2, 0) is 6.42 Å². The number of hydrogen-bond acceptors (Lipinski definition) is 4. The van der Waals surface area contributed by atoms with Gasteiger partial charge in [0.15, 0.2) is 0 Å². The van der Waals surface area contributed by atoms with Crippen molar-refractivity contribution >= 4 is 16.7 Å². The second-order valence-electron chi connectivity index (χ2n) is 6.85. The van der Waals surface area contributed by atoms with E-state index >= 15 is 0 Å². The molecule has 4 aromatic heterocycles. The summed E-state index contributed by atoms with van der Waals surface area (Å²) >= 11 is 0. The highest BCUT2D eigenvalue weighted by Gasteiger charge is 2.13. The first kappa shape index (κ1) is 17.1. The van der Waals surface area contributed by atoms with Gasteiger partial charge < -0.3 is 10.7 Å². The summed E-state index contributed by atoms with van der Waals surface area (Å²) < 4.78 is 14.3. The molecule has 4 heterocycles. The molecule has 0 saturated carbocycles. The molecule has 0 aliphatic heterocycles. The zero-order chi connectivity index (χ0) is 19.8. The van der Waals surface area contributed by atoms with Crippen molar-refractivity contribution in [2.24, 2.45) is 0 Å². The number of nitrogens with two attached hydrogens (primary N) is 1. The number of H-pyrrole nitrogens is 2. The number of halogens is 1. The molecule has 5 rings (SSSR count). The van der Waals surface area contributed by atoms with E-state index in [9.17, 15) is 4.39 Å². The van der Waals surface area contributed by atoms with Crippen LogP contribution in [0.5, 0.6) is 0 Å². The summed E-state index contributed by atoms with van der Waals surface area (Å²) in [6, 6.07) is 10.7. The Hall–Kier alpha value is -4.00. The van der Waals surface area contributed by atoms with Gasteiger partial charge in [0.25, 0.3) is 0 Å². The van der Waals surface area contributed by atoms with Crippen LogP contribution in [0.4, 0.5) is 10.2 Å².